The maximum Gasteiger partial charge on any atom is 0.161 e. The van der Waals surface area contributed by atoms with Gasteiger partial charge in [0.25, 0.3) is 0 Å². The second-order valence-corrected chi connectivity index (χ2v) is 10.0. The third kappa shape index (κ3) is 4.14. The Hall–Kier alpha value is -4.80. The first kappa shape index (κ1) is 25.5. The molecule has 206 valence electrons. The molecule has 0 saturated carbocycles. The van der Waals surface area contributed by atoms with Crippen molar-refractivity contribution in [1.82, 2.24) is 0 Å². The fourth-order valence-corrected chi connectivity index (χ4v) is 5.58. The molecule has 5 atom stereocenters. The highest BCUT2D eigenvalue weighted by Gasteiger charge is 2.44. The molecule has 0 saturated heterocycles. The summed E-state index contributed by atoms with van der Waals surface area (Å²) in [5, 5.41) is 84.7. The van der Waals surface area contributed by atoms with Gasteiger partial charge in [-0.15, -0.1) is 0 Å². The van der Waals surface area contributed by atoms with Crippen LogP contribution in [-0.2, 0) is 6.42 Å². The maximum absolute atomic E-state index is 11.7. The molecule has 0 fully saturated rings. The number of aliphatic hydroxyl groups excluding tert-OH is 2. The topological polar surface area (TPSA) is 180 Å². The monoisotopic (exact) mass is 546 g/mol. The minimum absolute atomic E-state index is 0.0313. The standard InChI is InChI=1S/C30H26O10/c31-15-3-1-13-9-22(36)30(39-23(13)11-15)18-6-8-20(34)27(37)26(18)25-17-5-4-16(32)12-24(17)40-29(28(25)38)14-2-7-19(33)21(35)10-14/h1-8,10-12,22,25,28-38H,9H2/t22-,25-,28-,29+,30-/m0/s1. The fraction of sp³-hybridized carbons (Fsp3) is 0.200. The average Bonchev–Trinajstić information content (AvgIpc) is 2.92. The van der Waals surface area contributed by atoms with Crippen LogP contribution in [0, 0.1) is 0 Å². The van der Waals surface area contributed by atoms with E-state index in [1.165, 1.54) is 60.7 Å². The average molecular weight is 547 g/mol. The van der Waals surface area contributed by atoms with Gasteiger partial charge < -0.3 is 50.3 Å². The minimum atomic E-state index is -1.43. The Kier molecular flexibility index (Phi) is 6.01. The normalized spacial score (nSPS) is 23.4. The molecule has 6 rings (SSSR count). The van der Waals surface area contributed by atoms with Crippen LogP contribution in [0.15, 0.2) is 66.7 Å². The van der Waals surface area contributed by atoms with Gasteiger partial charge in [-0.05, 0) is 41.5 Å². The Balaban J connectivity index is 1.53. The van der Waals surface area contributed by atoms with Gasteiger partial charge in [0.15, 0.2) is 35.2 Å². The zero-order chi connectivity index (χ0) is 28.3. The van der Waals surface area contributed by atoms with Crippen molar-refractivity contribution >= 4 is 0 Å². The van der Waals surface area contributed by atoms with Crippen molar-refractivity contribution in [2.75, 3.05) is 0 Å². The molecule has 4 aromatic carbocycles. The smallest absolute Gasteiger partial charge is 0.161 e. The number of fused-ring (bicyclic) bond motifs is 2. The van der Waals surface area contributed by atoms with E-state index in [9.17, 15) is 40.9 Å². The van der Waals surface area contributed by atoms with Gasteiger partial charge in [-0.3, -0.25) is 0 Å². The number of phenolic OH excluding ortho intramolecular Hbond substituents is 6. The number of phenols is 6. The number of aromatic hydroxyl groups is 6. The van der Waals surface area contributed by atoms with E-state index in [0.29, 0.717) is 22.4 Å². The summed E-state index contributed by atoms with van der Waals surface area (Å²) in [6, 6.07) is 15.4. The first-order chi connectivity index (χ1) is 19.1. The van der Waals surface area contributed by atoms with Gasteiger partial charge in [0.2, 0.25) is 0 Å². The summed E-state index contributed by atoms with van der Waals surface area (Å²) in [6.07, 6.45) is -4.53. The third-order valence-corrected chi connectivity index (χ3v) is 7.50. The molecule has 10 nitrogen and oxygen atoms in total. The molecule has 0 bridgehead atoms. The van der Waals surface area contributed by atoms with Crippen LogP contribution in [0.25, 0.3) is 0 Å². The summed E-state index contributed by atoms with van der Waals surface area (Å²) in [4.78, 5) is 0. The van der Waals surface area contributed by atoms with E-state index in [0.717, 1.165) is 0 Å². The minimum Gasteiger partial charge on any atom is -0.508 e. The Morgan fingerprint density at radius 2 is 1.25 bits per heavy atom. The maximum atomic E-state index is 11.7. The molecule has 0 unspecified atom stereocenters. The van der Waals surface area contributed by atoms with Crippen LogP contribution >= 0.6 is 0 Å². The highest BCUT2D eigenvalue weighted by molar-refractivity contribution is 5.59. The van der Waals surface area contributed by atoms with Crippen LogP contribution in [0.5, 0.6) is 46.0 Å². The first-order valence-electron chi connectivity index (χ1n) is 12.5. The highest BCUT2D eigenvalue weighted by atomic mass is 16.5. The summed E-state index contributed by atoms with van der Waals surface area (Å²) in [5.74, 6) is -2.55. The van der Waals surface area contributed by atoms with Crippen LogP contribution in [0.3, 0.4) is 0 Å². The van der Waals surface area contributed by atoms with Gasteiger partial charge in [-0.1, -0.05) is 24.3 Å². The number of hydrogen-bond acceptors (Lipinski definition) is 10. The number of benzene rings is 4. The zero-order valence-corrected chi connectivity index (χ0v) is 20.8. The molecule has 10 heteroatoms. The van der Waals surface area contributed by atoms with E-state index in [4.69, 9.17) is 9.47 Å². The number of ether oxygens (including phenoxy) is 2. The van der Waals surface area contributed by atoms with Crippen LogP contribution in [-0.4, -0.2) is 53.1 Å². The molecule has 8 N–H and O–H groups in total. The van der Waals surface area contributed by atoms with Gasteiger partial charge >= 0.3 is 0 Å². The molecule has 40 heavy (non-hydrogen) atoms. The van der Waals surface area contributed by atoms with E-state index in [1.807, 2.05) is 0 Å². The van der Waals surface area contributed by atoms with Gasteiger partial charge in [-0.2, -0.15) is 0 Å². The van der Waals surface area contributed by atoms with Crippen molar-refractivity contribution in [3.05, 3.63) is 94.5 Å². The zero-order valence-electron chi connectivity index (χ0n) is 20.8. The van der Waals surface area contributed by atoms with E-state index >= 15 is 0 Å². The van der Waals surface area contributed by atoms with Crippen molar-refractivity contribution in [3.8, 4) is 46.0 Å². The number of rotatable bonds is 3. The van der Waals surface area contributed by atoms with E-state index in [-0.39, 0.29) is 40.5 Å². The molecule has 0 amide bonds. The Bertz CT molecular complexity index is 1620. The van der Waals surface area contributed by atoms with Gasteiger partial charge in [0.05, 0.1) is 6.10 Å². The van der Waals surface area contributed by atoms with E-state index < -0.39 is 47.6 Å². The molecule has 2 aliphatic heterocycles. The van der Waals surface area contributed by atoms with Crippen LogP contribution < -0.4 is 9.47 Å². The van der Waals surface area contributed by atoms with Crippen molar-refractivity contribution in [2.24, 2.45) is 0 Å². The van der Waals surface area contributed by atoms with Crippen LogP contribution in [0.4, 0.5) is 0 Å². The van der Waals surface area contributed by atoms with Crippen molar-refractivity contribution < 1.29 is 50.3 Å². The number of hydrogen-bond donors (Lipinski definition) is 8. The molecule has 0 aromatic heterocycles. The predicted molar refractivity (Wildman–Crippen MR) is 140 cm³/mol. The molecule has 2 heterocycles. The largest absolute Gasteiger partial charge is 0.508 e. The lowest BCUT2D eigenvalue weighted by Crippen LogP contribution is -2.37. The number of aliphatic hydroxyl groups is 2. The Morgan fingerprint density at radius 1 is 0.600 bits per heavy atom. The molecule has 4 aromatic rings. The van der Waals surface area contributed by atoms with Crippen molar-refractivity contribution in [3.63, 3.8) is 0 Å². The Labute approximate surface area is 227 Å². The van der Waals surface area contributed by atoms with E-state index in [1.54, 1.807) is 6.07 Å². The van der Waals surface area contributed by atoms with Gasteiger partial charge in [-0.25, -0.2) is 0 Å². The summed E-state index contributed by atoms with van der Waals surface area (Å²) < 4.78 is 12.1. The summed E-state index contributed by atoms with van der Waals surface area (Å²) >= 11 is 0. The molecule has 2 aliphatic rings. The quantitative estimate of drug-likeness (QED) is 0.177. The molecular weight excluding hydrogens is 520 g/mol. The van der Waals surface area contributed by atoms with Crippen molar-refractivity contribution in [2.45, 2.75) is 36.8 Å². The predicted octanol–water partition coefficient (Wildman–Crippen LogP) is 3.58. The highest BCUT2D eigenvalue weighted by Crippen LogP contribution is 2.53. The van der Waals surface area contributed by atoms with Crippen molar-refractivity contribution in [1.29, 1.82) is 0 Å². The fourth-order valence-electron chi connectivity index (χ4n) is 5.58. The lowest BCUT2D eigenvalue weighted by Gasteiger charge is -2.40. The third-order valence-electron chi connectivity index (χ3n) is 7.50. The summed E-state index contributed by atoms with van der Waals surface area (Å²) in [5.41, 5.74) is 1.67. The lowest BCUT2D eigenvalue weighted by molar-refractivity contribution is 0.00344. The van der Waals surface area contributed by atoms with E-state index in [2.05, 4.69) is 0 Å². The molecule has 0 aliphatic carbocycles. The molecule has 0 spiro atoms. The van der Waals surface area contributed by atoms with Gasteiger partial charge in [0.1, 0.15) is 29.1 Å². The van der Waals surface area contributed by atoms with Crippen LogP contribution in [0.1, 0.15) is 45.9 Å². The van der Waals surface area contributed by atoms with Crippen LogP contribution in [0.2, 0.25) is 0 Å². The second-order valence-electron chi connectivity index (χ2n) is 10.0. The molecule has 0 radical (unpaired) electrons. The Morgan fingerprint density at radius 3 is 2.00 bits per heavy atom. The summed E-state index contributed by atoms with van der Waals surface area (Å²) in [6.45, 7) is 0. The molecular formula is C30H26O10. The summed E-state index contributed by atoms with van der Waals surface area (Å²) in [7, 11) is 0. The second kappa shape index (κ2) is 9.44. The SMILES string of the molecule is Oc1ccc2c(c1)O[C@@H](c1ccc(O)c(O)c1[C@@H]1c3ccc(O)cc3O[C@H](c3ccc(O)c(O)c3)[C@H]1O)[C@@H](O)C2. The lowest BCUT2D eigenvalue weighted by atomic mass is 9.76. The first-order valence-corrected chi connectivity index (χ1v) is 12.5. The van der Waals surface area contributed by atoms with Gasteiger partial charge in [0, 0.05) is 41.2 Å².